The van der Waals surface area contributed by atoms with E-state index in [2.05, 4.69) is 24.9 Å². The van der Waals surface area contributed by atoms with E-state index in [9.17, 15) is 26.2 Å². The molecule has 180 valence electrons. The summed E-state index contributed by atoms with van der Waals surface area (Å²) in [5.41, 5.74) is 5.44. The molecule has 0 unspecified atom stereocenters. The number of sulfone groups is 1. The van der Waals surface area contributed by atoms with E-state index in [1.807, 2.05) is 0 Å². The standard InChI is InChI=1S/C16H18N4O10S3/c1-10(21)18-14-8-13(17)16(33(25,26)27)9-15(14)20-19-11-2-4-12(5-3-11)32(23,24)7-6-28-31-30-29-22/h2-5,8-9,22H,6-7,17H2,1H3,(H,18,21)(H,25,26,27). The number of nitrogens with zero attached hydrogens (tertiary/aromatic N) is 2. The van der Waals surface area contributed by atoms with E-state index in [1.165, 1.54) is 31.2 Å². The quantitative estimate of drug-likeness (QED) is 0.0637. The lowest BCUT2D eigenvalue weighted by Gasteiger charge is -2.10. The molecule has 0 fully saturated rings. The zero-order valence-electron chi connectivity index (χ0n) is 16.7. The molecule has 14 nitrogen and oxygen atoms in total. The van der Waals surface area contributed by atoms with Crippen molar-refractivity contribution in [1.82, 2.24) is 0 Å². The highest BCUT2D eigenvalue weighted by Crippen LogP contribution is 2.34. The van der Waals surface area contributed by atoms with Gasteiger partial charge in [-0.05, 0) is 36.4 Å². The van der Waals surface area contributed by atoms with Crippen molar-refractivity contribution in [2.45, 2.75) is 16.7 Å². The molecule has 5 N–H and O–H groups in total. The third kappa shape index (κ3) is 8.02. The maximum Gasteiger partial charge on any atom is 0.296 e. The molecule has 0 saturated carbocycles. The fourth-order valence-electron chi connectivity index (χ4n) is 2.34. The van der Waals surface area contributed by atoms with E-state index < -0.39 is 30.8 Å². The summed E-state index contributed by atoms with van der Waals surface area (Å²) in [6.45, 7) is 0.959. The van der Waals surface area contributed by atoms with Crippen molar-refractivity contribution < 1.29 is 45.0 Å². The van der Waals surface area contributed by atoms with Gasteiger partial charge in [0.05, 0.1) is 34.3 Å². The van der Waals surface area contributed by atoms with E-state index in [-0.39, 0.29) is 52.3 Å². The van der Waals surface area contributed by atoms with Crippen molar-refractivity contribution >= 4 is 60.9 Å². The lowest BCUT2D eigenvalue weighted by atomic mass is 10.2. The number of hydrogen-bond donors (Lipinski definition) is 4. The Balaban J connectivity index is 2.24. The maximum atomic E-state index is 12.3. The number of nitrogen functional groups attached to an aromatic ring is 1. The molecule has 0 aromatic heterocycles. The molecule has 0 aliphatic rings. The molecule has 2 rings (SSSR count). The van der Waals surface area contributed by atoms with Crippen LogP contribution in [-0.2, 0) is 38.3 Å². The van der Waals surface area contributed by atoms with Crippen LogP contribution in [0.4, 0.5) is 22.7 Å². The molecule has 1 amide bonds. The summed E-state index contributed by atoms with van der Waals surface area (Å²) in [5.74, 6) is -0.877. The van der Waals surface area contributed by atoms with Crippen LogP contribution in [0, 0.1) is 0 Å². The molecule has 0 radical (unpaired) electrons. The molecule has 33 heavy (non-hydrogen) atoms. The van der Waals surface area contributed by atoms with E-state index >= 15 is 0 Å². The second-order valence-corrected chi connectivity index (χ2v) is 10.1. The number of nitrogens with one attached hydrogen (secondary N) is 1. The summed E-state index contributed by atoms with van der Waals surface area (Å²) in [6, 6.07) is 7.26. The smallest absolute Gasteiger partial charge is 0.296 e. The Morgan fingerprint density at radius 2 is 1.82 bits per heavy atom. The Bertz CT molecular complexity index is 1230. The monoisotopic (exact) mass is 522 g/mol. The lowest BCUT2D eigenvalue weighted by Crippen LogP contribution is -2.10. The highest BCUT2D eigenvalue weighted by Gasteiger charge is 2.18. The van der Waals surface area contributed by atoms with Gasteiger partial charge in [-0.2, -0.15) is 13.5 Å². The van der Waals surface area contributed by atoms with Gasteiger partial charge in [0.1, 0.15) is 10.6 Å². The molecule has 2 aromatic rings. The number of benzene rings is 2. The fourth-order valence-corrected chi connectivity index (χ4v) is 4.37. The summed E-state index contributed by atoms with van der Waals surface area (Å²) < 4.78 is 65.5. The lowest BCUT2D eigenvalue weighted by molar-refractivity contribution is -0.434. The number of nitrogens with two attached hydrogens (primary N) is 1. The number of carbonyl (C=O) groups excluding carboxylic acids is 1. The van der Waals surface area contributed by atoms with Gasteiger partial charge in [0, 0.05) is 6.92 Å². The summed E-state index contributed by atoms with van der Waals surface area (Å²) >= 11 is 0.253. The molecule has 0 saturated heterocycles. The Hall–Kier alpha value is -2.64. The van der Waals surface area contributed by atoms with E-state index in [1.54, 1.807) is 0 Å². The molecule has 0 aliphatic carbocycles. The zero-order valence-corrected chi connectivity index (χ0v) is 19.2. The fraction of sp³-hybridized carbons (Fsp3) is 0.188. The van der Waals surface area contributed by atoms with Gasteiger partial charge >= 0.3 is 0 Å². The van der Waals surface area contributed by atoms with Gasteiger partial charge in [-0.1, -0.05) is 5.04 Å². The second-order valence-electron chi connectivity index (χ2n) is 6.11. The number of carbonyl (C=O) groups is 1. The molecule has 0 bridgehead atoms. The third-order valence-corrected chi connectivity index (χ3v) is 6.71. The normalized spacial score (nSPS) is 12.2. The van der Waals surface area contributed by atoms with Gasteiger partial charge in [0.2, 0.25) is 5.91 Å². The first-order valence-electron chi connectivity index (χ1n) is 8.63. The number of anilines is 2. The van der Waals surface area contributed by atoms with Crippen LogP contribution in [0.3, 0.4) is 0 Å². The molecule has 0 atom stereocenters. The maximum absolute atomic E-state index is 12.3. The Labute approximate surface area is 192 Å². The Morgan fingerprint density at radius 3 is 2.39 bits per heavy atom. The van der Waals surface area contributed by atoms with Gasteiger partial charge < -0.3 is 11.1 Å². The molecule has 0 heterocycles. The van der Waals surface area contributed by atoms with Crippen LogP contribution in [0.25, 0.3) is 0 Å². The second kappa shape index (κ2) is 11.5. The van der Waals surface area contributed by atoms with Crippen LogP contribution < -0.4 is 11.1 Å². The summed E-state index contributed by atoms with van der Waals surface area (Å²) in [4.78, 5) is 10.8. The van der Waals surface area contributed by atoms with Crippen LogP contribution in [0.1, 0.15) is 6.92 Å². The van der Waals surface area contributed by atoms with Crippen LogP contribution in [-0.4, -0.2) is 44.9 Å². The molecule has 17 heteroatoms. The number of hydrogen-bond acceptors (Lipinski definition) is 13. The van der Waals surface area contributed by atoms with Gasteiger partial charge in [0.15, 0.2) is 22.2 Å². The predicted molar refractivity (Wildman–Crippen MR) is 116 cm³/mol. The number of azo groups is 1. The van der Waals surface area contributed by atoms with Crippen molar-refractivity contribution in [3.05, 3.63) is 36.4 Å². The summed E-state index contributed by atoms with van der Waals surface area (Å²) in [6.07, 6.45) is 0. The number of amides is 1. The first-order chi connectivity index (χ1) is 15.4. The summed E-state index contributed by atoms with van der Waals surface area (Å²) in [5, 5.41) is 21.4. The highest BCUT2D eigenvalue weighted by atomic mass is 32.2. The molecule has 0 spiro atoms. The first-order valence-corrected chi connectivity index (χ1v) is 12.4. The van der Waals surface area contributed by atoms with E-state index in [0.717, 1.165) is 12.1 Å². The van der Waals surface area contributed by atoms with Crippen LogP contribution in [0.5, 0.6) is 0 Å². The predicted octanol–water partition coefficient (Wildman–Crippen LogP) is 2.66. The van der Waals surface area contributed by atoms with E-state index in [4.69, 9.17) is 15.2 Å². The zero-order chi connectivity index (χ0) is 24.6. The average Bonchev–Trinajstić information content (AvgIpc) is 2.72. The SMILES string of the molecule is CC(=O)Nc1cc(N)c(S(=O)(=O)O)cc1N=Nc1ccc(S(=O)(=O)CCOSOOO)cc1. The minimum atomic E-state index is -4.66. The Kier molecular flexibility index (Phi) is 9.25. The van der Waals surface area contributed by atoms with Crippen molar-refractivity contribution in [3.8, 4) is 0 Å². The Morgan fingerprint density at radius 1 is 1.15 bits per heavy atom. The first kappa shape index (κ1) is 26.6. The van der Waals surface area contributed by atoms with Crippen molar-refractivity contribution in [3.63, 3.8) is 0 Å². The van der Waals surface area contributed by atoms with Crippen LogP contribution in [0.2, 0.25) is 0 Å². The van der Waals surface area contributed by atoms with Crippen molar-refractivity contribution in [2.75, 3.05) is 23.4 Å². The van der Waals surface area contributed by atoms with Crippen molar-refractivity contribution in [2.24, 2.45) is 10.2 Å². The van der Waals surface area contributed by atoms with Gasteiger partial charge in [-0.25, -0.2) is 13.7 Å². The topological polar surface area (TPSA) is 216 Å². The minimum absolute atomic E-state index is 0.0329. The third-order valence-electron chi connectivity index (χ3n) is 3.73. The molecular weight excluding hydrogens is 504 g/mol. The van der Waals surface area contributed by atoms with E-state index in [0.29, 0.717) is 0 Å². The minimum Gasteiger partial charge on any atom is -0.398 e. The van der Waals surface area contributed by atoms with Gasteiger partial charge in [0.25, 0.3) is 10.1 Å². The highest BCUT2D eigenvalue weighted by molar-refractivity contribution is 7.91. The van der Waals surface area contributed by atoms with Crippen molar-refractivity contribution in [1.29, 1.82) is 0 Å². The molecule has 2 aromatic carbocycles. The molecular formula is C16H18N4O10S3. The number of rotatable bonds is 11. The van der Waals surface area contributed by atoms with Crippen LogP contribution >= 0.6 is 12.3 Å². The molecule has 0 aliphatic heterocycles. The average molecular weight is 523 g/mol. The van der Waals surface area contributed by atoms with Crippen LogP contribution in [0.15, 0.2) is 56.4 Å². The van der Waals surface area contributed by atoms with Gasteiger partial charge in [-0.15, -0.1) is 9.45 Å². The summed E-state index contributed by atoms with van der Waals surface area (Å²) in [7, 11) is -8.37. The van der Waals surface area contributed by atoms with Gasteiger partial charge in [-0.3, -0.25) is 13.5 Å². The largest absolute Gasteiger partial charge is 0.398 e.